The van der Waals surface area contributed by atoms with E-state index in [1.54, 1.807) is 20.8 Å². The van der Waals surface area contributed by atoms with Crippen molar-refractivity contribution in [2.45, 2.75) is 45.3 Å². The van der Waals surface area contributed by atoms with E-state index in [1.165, 1.54) is 19.1 Å². The second kappa shape index (κ2) is 6.05. The number of hydrogen-bond donors (Lipinski definition) is 2. The van der Waals surface area contributed by atoms with Crippen LogP contribution in [-0.2, 0) is 9.53 Å². The lowest BCUT2D eigenvalue weighted by Crippen LogP contribution is -2.52. The van der Waals surface area contributed by atoms with E-state index in [4.69, 9.17) is 15.1 Å². The molecule has 0 rings (SSSR count). The van der Waals surface area contributed by atoms with Crippen LogP contribution in [0.4, 0.5) is 4.79 Å². The van der Waals surface area contributed by atoms with Gasteiger partial charge in [0.25, 0.3) is 0 Å². The van der Waals surface area contributed by atoms with E-state index in [2.05, 4.69) is 5.32 Å². The molecule has 0 aromatic carbocycles. The van der Waals surface area contributed by atoms with Gasteiger partial charge in [0.15, 0.2) is 5.54 Å². The van der Waals surface area contributed by atoms with Gasteiger partial charge in [0.1, 0.15) is 5.60 Å². The summed E-state index contributed by atoms with van der Waals surface area (Å²) in [5.74, 6) is -1.23. The number of carboxylic acids is 1. The van der Waals surface area contributed by atoms with Gasteiger partial charge >= 0.3 is 12.1 Å². The lowest BCUT2D eigenvalue weighted by atomic mass is 10.0. The molecular weight excluding hydrogens is 236 g/mol. The van der Waals surface area contributed by atoms with Crippen molar-refractivity contribution < 1.29 is 19.4 Å². The molecule has 0 bridgehead atoms. The van der Waals surface area contributed by atoms with Gasteiger partial charge in [-0.15, -0.1) is 0 Å². The SMILES string of the molecule is CC(C)(C)OC(=O)N[C@](C)(/C=C/CC#N)C(=O)O. The first kappa shape index (κ1) is 16.0. The Balaban J connectivity index is 4.78. The first-order valence-electron chi connectivity index (χ1n) is 5.40. The maximum absolute atomic E-state index is 11.5. The summed E-state index contributed by atoms with van der Waals surface area (Å²) in [6.07, 6.45) is 1.88. The van der Waals surface area contributed by atoms with Crippen LogP contribution in [0.5, 0.6) is 0 Å². The third-order valence-electron chi connectivity index (χ3n) is 1.87. The van der Waals surface area contributed by atoms with Crippen molar-refractivity contribution in [3.8, 4) is 6.07 Å². The number of nitriles is 1. The molecule has 18 heavy (non-hydrogen) atoms. The number of ether oxygens (including phenoxy) is 1. The van der Waals surface area contributed by atoms with E-state index < -0.39 is 23.2 Å². The molecule has 0 fully saturated rings. The quantitative estimate of drug-likeness (QED) is 0.745. The molecule has 0 spiro atoms. The summed E-state index contributed by atoms with van der Waals surface area (Å²) >= 11 is 0. The largest absolute Gasteiger partial charge is 0.479 e. The Morgan fingerprint density at radius 2 is 1.94 bits per heavy atom. The predicted molar refractivity (Wildman–Crippen MR) is 64.8 cm³/mol. The zero-order valence-corrected chi connectivity index (χ0v) is 11.0. The highest BCUT2D eigenvalue weighted by Crippen LogP contribution is 2.11. The minimum atomic E-state index is -1.60. The number of amides is 1. The summed E-state index contributed by atoms with van der Waals surface area (Å²) < 4.78 is 4.98. The average molecular weight is 254 g/mol. The minimum absolute atomic E-state index is 0.0683. The summed E-state index contributed by atoms with van der Waals surface area (Å²) in [6.45, 7) is 6.34. The predicted octanol–water partition coefficient (Wildman–Crippen LogP) is 1.82. The van der Waals surface area contributed by atoms with Crippen molar-refractivity contribution in [1.82, 2.24) is 5.32 Å². The molecule has 0 aliphatic heterocycles. The van der Waals surface area contributed by atoms with Crippen LogP contribution < -0.4 is 5.32 Å². The third kappa shape index (κ3) is 5.89. The number of nitrogens with one attached hydrogen (secondary N) is 1. The molecule has 6 heteroatoms. The Morgan fingerprint density at radius 1 is 1.39 bits per heavy atom. The van der Waals surface area contributed by atoms with E-state index in [0.717, 1.165) is 0 Å². The number of allylic oxidation sites excluding steroid dienone is 1. The fourth-order valence-corrected chi connectivity index (χ4v) is 1.03. The zero-order chi connectivity index (χ0) is 14.4. The molecule has 0 aromatic rings. The van der Waals surface area contributed by atoms with Crippen LogP contribution in [0.2, 0.25) is 0 Å². The molecule has 0 saturated heterocycles. The standard InChI is InChI=1S/C12H18N2O4/c1-11(2,3)18-10(17)14-12(4,9(15)16)7-5-6-8-13/h5,7H,6H2,1-4H3,(H,14,17)(H,15,16)/b7-5+/t12-/m1/s1. The van der Waals surface area contributed by atoms with Crippen LogP contribution in [0.15, 0.2) is 12.2 Å². The minimum Gasteiger partial charge on any atom is -0.479 e. The Bertz CT molecular complexity index is 390. The first-order valence-corrected chi connectivity index (χ1v) is 5.40. The Hall–Kier alpha value is -2.03. The third-order valence-corrected chi connectivity index (χ3v) is 1.87. The molecule has 0 radical (unpaired) electrons. The molecule has 0 unspecified atom stereocenters. The van der Waals surface area contributed by atoms with Gasteiger partial charge < -0.3 is 15.2 Å². The van der Waals surface area contributed by atoms with Crippen molar-refractivity contribution in [3.63, 3.8) is 0 Å². The molecule has 0 heterocycles. The number of alkyl carbamates (subject to hydrolysis) is 1. The summed E-state index contributed by atoms with van der Waals surface area (Å²) in [5.41, 5.74) is -2.31. The number of nitrogens with zero attached hydrogens (tertiary/aromatic N) is 1. The molecule has 0 saturated carbocycles. The summed E-state index contributed by atoms with van der Waals surface area (Å²) in [6, 6.07) is 1.85. The maximum atomic E-state index is 11.5. The highest BCUT2D eigenvalue weighted by Gasteiger charge is 2.33. The molecule has 0 aliphatic rings. The fourth-order valence-electron chi connectivity index (χ4n) is 1.03. The van der Waals surface area contributed by atoms with Crippen LogP contribution in [0.3, 0.4) is 0 Å². The second-order valence-corrected chi connectivity index (χ2v) is 4.90. The van der Waals surface area contributed by atoms with Crippen LogP contribution in [-0.4, -0.2) is 28.3 Å². The first-order chi connectivity index (χ1) is 8.10. The van der Waals surface area contributed by atoms with Crippen LogP contribution in [0, 0.1) is 11.3 Å². The van der Waals surface area contributed by atoms with Gasteiger partial charge in [-0.1, -0.05) is 12.2 Å². The average Bonchev–Trinajstić information content (AvgIpc) is 2.14. The number of aliphatic carboxylic acids is 1. The van der Waals surface area contributed by atoms with Crippen molar-refractivity contribution in [1.29, 1.82) is 5.26 Å². The van der Waals surface area contributed by atoms with Crippen molar-refractivity contribution in [2.24, 2.45) is 0 Å². The lowest BCUT2D eigenvalue weighted by Gasteiger charge is -2.26. The van der Waals surface area contributed by atoms with E-state index in [1.807, 2.05) is 6.07 Å². The van der Waals surface area contributed by atoms with Crippen LogP contribution in [0.1, 0.15) is 34.1 Å². The number of hydrogen-bond acceptors (Lipinski definition) is 4. The molecule has 6 nitrogen and oxygen atoms in total. The van der Waals surface area contributed by atoms with Gasteiger partial charge in [-0.2, -0.15) is 5.26 Å². The second-order valence-electron chi connectivity index (χ2n) is 4.90. The molecule has 100 valence electrons. The summed E-state index contributed by atoms with van der Waals surface area (Å²) in [5, 5.41) is 19.7. The van der Waals surface area contributed by atoms with Crippen LogP contribution in [0.25, 0.3) is 0 Å². The molecular formula is C12H18N2O4. The van der Waals surface area contributed by atoms with Gasteiger partial charge in [-0.3, -0.25) is 0 Å². The van der Waals surface area contributed by atoms with Crippen molar-refractivity contribution in [2.75, 3.05) is 0 Å². The fraction of sp³-hybridized carbons (Fsp3) is 0.583. The topological polar surface area (TPSA) is 99.4 Å². The van der Waals surface area contributed by atoms with Crippen LogP contribution >= 0.6 is 0 Å². The van der Waals surface area contributed by atoms with Gasteiger partial charge in [0, 0.05) is 0 Å². The highest BCUT2D eigenvalue weighted by molar-refractivity contribution is 5.86. The van der Waals surface area contributed by atoms with E-state index in [9.17, 15) is 9.59 Å². The lowest BCUT2D eigenvalue weighted by molar-refractivity contribution is -0.142. The number of carboxylic acid groups (broad SMARTS) is 1. The van der Waals surface area contributed by atoms with Crippen molar-refractivity contribution in [3.05, 3.63) is 12.2 Å². The number of rotatable bonds is 4. The molecule has 0 aromatic heterocycles. The van der Waals surface area contributed by atoms with Gasteiger partial charge in [-0.25, -0.2) is 9.59 Å². The smallest absolute Gasteiger partial charge is 0.408 e. The molecule has 1 atom stereocenters. The monoisotopic (exact) mass is 254 g/mol. The highest BCUT2D eigenvalue weighted by atomic mass is 16.6. The van der Waals surface area contributed by atoms with E-state index in [0.29, 0.717) is 0 Å². The zero-order valence-electron chi connectivity index (χ0n) is 11.0. The summed E-state index contributed by atoms with van der Waals surface area (Å²) in [7, 11) is 0. The van der Waals surface area contributed by atoms with Gasteiger partial charge in [-0.05, 0) is 27.7 Å². The van der Waals surface area contributed by atoms with Gasteiger partial charge in [0.2, 0.25) is 0 Å². The summed E-state index contributed by atoms with van der Waals surface area (Å²) in [4.78, 5) is 22.6. The van der Waals surface area contributed by atoms with E-state index >= 15 is 0 Å². The molecule has 1 amide bonds. The number of carbonyl (C=O) groups excluding carboxylic acids is 1. The molecule has 2 N–H and O–H groups in total. The molecule has 0 aliphatic carbocycles. The van der Waals surface area contributed by atoms with Crippen molar-refractivity contribution >= 4 is 12.1 Å². The maximum Gasteiger partial charge on any atom is 0.408 e. The Kier molecular flexibility index (Phi) is 5.37. The van der Waals surface area contributed by atoms with Gasteiger partial charge in [0.05, 0.1) is 12.5 Å². The Labute approximate surface area is 106 Å². The Morgan fingerprint density at radius 3 is 2.33 bits per heavy atom. The van der Waals surface area contributed by atoms with E-state index in [-0.39, 0.29) is 6.42 Å². The number of carbonyl (C=O) groups is 2. The normalized spacial score (nSPS) is 14.6.